The standard InChI is InChI=1S/C22H26ClN3O4S/c1-2-14-31(29,30)25-20-11-9-19(10-12-20)24-21(27)17-4-3-13-26(15-17)22(28)16-5-7-18(23)8-6-16/h5-12,17,25H,2-4,13-15H2,1H3,(H,24,27). The third-order valence-electron chi connectivity index (χ3n) is 5.07. The lowest BCUT2D eigenvalue weighted by Gasteiger charge is -2.32. The molecular weight excluding hydrogens is 438 g/mol. The SMILES string of the molecule is CCCS(=O)(=O)Nc1ccc(NC(=O)C2CCCN(C(=O)c3ccc(Cl)cc3)C2)cc1. The first-order chi connectivity index (χ1) is 14.8. The van der Waals surface area contributed by atoms with Gasteiger partial charge in [-0.3, -0.25) is 14.3 Å². The van der Waals surface area contributed by atoms with Crippen molar-refractivity contribution in [2.75, 3.05) is 28.9 Å². The molecule has 0 radical (unpaired) electrons. The fourth-order valence-corrected chi connectivity index (χ4v) is 4.78. The van der Waals surface area contributed by atoms with Gasteiger partial charge in [-0.1, -0.05) is 18.5 Å². The van der Waals surface area contributed by atoms with E-state index in [9.17, 15) is 18.0 Å². The van der Waals surface area contributed by atoms with Crippen molar-refractivity contribution >= 4 is 44.8 Å². The number of anilines is 2. The zero-order valence-electron chi connectivity index (χ0n) is 17.3. The van der Waals surface area contributed by atoms with Crippen LogP contribution in [0.3, 0.4) is 0 Å². The number of piperidine rings is 1. The Balaban J connectivity index is 1.58. The monoisotopic (exact) mass is 463 g/mol. The second-order valence-corrected chi connectivity index (χ2v) is 9.86. The number of halogens is 1. The number of rotatable bonds is 7. The summed E-state index contributed by atoms with van der Waals surface area (Å²) in [4.78, 5) is 27.2. The van der Waals surface area contributed by atoms with Crippen LogP contribution in [0.5, 0.6) is 0 Å². The van der Waals surface area contributed by atoms with Gasteiger partial charge in [-0.25, -0.2) is 8.42 Å². The van der Waals surface area contributed by atoms with E-state index in [-0.39, 0.29) is 23.5 Å². The van der Waals surface area contributed by atoms with Gasteiger partial charge in [0.2, 0.25) is 15.9 Å². The lowest BCUT2D eigenvalue weighted by Crippen LogP contribution is -2.43. The van der Waals surface area contributed by atoms with E-state index in [4.69, 9.17) is 11.6 Å². The van der Waals surface area contributed by atoms with E-state index in [1.165, 1.54) is 0 Å². The Hall–Kier alpha value is -2.58. The summed E-state index contributed by atoms with van der Waals surface area (Å²) in [7, 11) is -3.36. The van der Waals surface area contributed by atoms with Gasteiger partial charge in [0.05, 0.1) is 11.7 Å². The van der Waals surface area contributed by atoms with Gasteiger partial charge in [-0.05, 0) is 67.8 Å². The number of likely N-dealkylation sites (tertiary alicyclic amines) is 1. The maximum absolute atomic E-state index is 12.7. The highest BCUT2D eigenvalue weighted by atomic mass is 35.5. The van der Waals surface area contributed by atoms with Gasteiger partial charge in [0.25, 0.3) is 5.91 Å². The number of carbonyl (C=O) groups excluding carboxylic acids is 2. The van der Waals surface area contributed by atoms with Crippen LogP contribution in [0.25, 0.3) is 0 Å². The third kappa shape index (κ3) is 6.45. The van der Waals surface area contributed by atoms with Crippen molar-refractivity contribution in [3.05, 3.63) is 59.1 Å². The Kier molecular flexibility index (Phi) is 7.56. The van der Waals surface area contributed by atoms with Crippen molar-refractivity contribution < 1.29 is 18.0 Å². The Morgan fingerprint density at radius 1 is 1.06 bits per heavy atom. The maximum atomic E-state index is 12.7. The summed E-state index contributed by atoms with van der Waals surface area (Å²) in [5, 5.41) is 3.43. The van der Waals surface area contributed by atoms with Gasteiger partial charge < -0.3 is 10.2 Å². The zero-order valence-corrected chi connectivity index (χ0v) is 18.9. The van der Waals surface area contributed by atoms with E-state index in [1.807, 2.05) is 0 Å². The number of hydrogen-bond donors (Lipinski definition) is 2. The average Bonchev–Trinajstić information content (AvgIpc) is 2.75. The van der Waals surface area contributed by atoms with Gasteiger partial charge in [-0.15, -0.1) is 0 Å². The topological polar surface area (TPSA) is 95.6 Å². The zero-order chi connectivity index (χ0) is 22.4. The van der Waals surface area contributed by atoms with Crippen molar-refractivity contribution in [2.24, 2.45) is 5.92 Å². The number of nitrogens with zero attached hydrogens (tertiary/aromatic N) is 1. The predicted octanol–water partition coefficient (Wildman–Crippen LogP) is 3.98. The molecule has 31 heavy (non-hydrogen) atoms. The number of nitrogens with one attached hydrogen (secondary N) is 2. The summed E-state index contributed by atoms with van der Waals surface area (Å²) in [5.41, 5.74) is 1.57. The first-order valence-corrected chi connectivity index (χ1v) is 12.3. The lowest BCUT2D eigenvalue weighted by molar-refractivity contribution is -0.121. The van der Waals surface area contributed by atoms with Gasteiger partial charge >= 0.3 is 0 Å². The highest BCUT2D eigenvalue weighted by Gasteiger charge is 2.29. The minimum absolute atomic E-state index is 0.0540. The molecule has 0 aromatic heterocycles. The van der Waals surface area contributed by atoms with Crippen molar-refractivity contribution in [1.29, 1.82) is 0 Å². The molecule has 1 heterocycles. The molecule has 2 aromatic rings. The predicted molar refractivity (Wildman–Crippen MR) is 123 cm³/mol. The number of benzene rings is 2. The first-order valence-electron chi connectivity index (χ1n) is 10.2. The van der Waals surface area contributed by atoms with Crippen LogP contribution in [0.1, 0.15) is 36.5 Å². The van der Waals surface area contributed by atoms with E-state index in [2.05, 4.69) is 10.0 Å². The van der Waals surface area contributed by atoms with Gasteiger partial charge in [-0.2, -0.15) is 0 Å². The Morgan fingerprint density at radius 2 is 1.71 bits per heavy atom. The van der Waals surface area contributed by atoms with Gasteiger partial charge in [0.15, 0.2) is 0 Å². The van der Waals surface area contributed by atoms with Crippen LogP contribution in [0.15, 0.2) is 48.5 Å². The minimum atomic E-state index is -3.36. The molecule has 1 atom stereocenters. The summed E-state index contributed by atoms with van der Waals surface area (Å²) >= 11 is 5.89. The van der Waals surface area contributed by atoms with Crippen LogP contribution in [0.4, 0.5) is 11.4 Å². The molecule has 2 aromatic carbocycles. The molecule has 1 saturated heterocycles. The summed E-state index contributed by atoms with van der Waals surface area (Å²) < 4.78 is 26.2. The molecule has 0 saturated carbocycles. The normalized spacial score (nSPS) is 16.6. The maximum Gasteiger partial charge on any atom is 0.253 e. The minimum Gasteiger partial charge on any atom is -0.338 e. The molecule has 9 heteroatoms. The van der Waals surface area contributed by atoms with E-state index < -0.39 is 10.0 Å². The molecule has 7 nitrogen and oxygen atoms in total. The average molecular weight is 464 g/mol. The molecule has 0 spiro atoms. The van der Waals surface area contributed by atoms with Crippen molar-refractivity contribution in [1.82, 2.24) is 4.90 Å². The van der Waals surface area contributed by atoms with Crippen LogP contribution in [-0.4, -0.2) is 44.0 Å². The Morgan fingerprint density at radius 3 is 2.35 bits per heavy atom. The van der Waals surface area contributed by atoms with E-state index in [0.717, 1.165) is 6.42 Å². The Labute approximate surface area is 187 Å². The summed E-state index contributed by atoms with van der Waals surface area (Å²) in [6.07, 6.45) is 1.98. The van der Waals surface area contributed by atoms with Gasteiger partial charge in [0.1, 0.15) is 0 Å². The van der Waals surface area contributed by atoms with Crippen LogP contribution < -0.4 is 10.0 Å². The molecule has 2 amide bonds. The van der Waals surface area contributed by atoms with E-state index in [1.54, 1.807) is 60.4 Å². The number of carbonyl (C=O) groups is 2. The van der Waals surface area contributed by atoms with Crippen LogP contribution in [0.2, 0.25) is 5.02 Å². The van der Waals surface area contributed by atoms with Crippen LogP contribution in [-0.2, 0) is 14.8 Å². The smallest absolute Gasteiger partial charge is 0.253 e. The van der Waals surface area contributed by atoms with E-state index in [0.29, 0.717) is 47.9 Å². The summed E-state index contributed by atoms with van der Waals surface area (Å²) in [5.74, 6) is -0.531. The second-order valence-electron chi connectivity index (χ2n) is 7.58. The van der Waals surface area contributed by atoms with E-state index >= 15 is 0 Å². The molecule has 1 aliphatic rings. The van der Waals surface area contributed by atoms with Crippen molar-refractivity contribution in [2.45, 2.75) is 26.2 Å². The highest BCUT2D eigenvalue weighted by Crippen LogP contribution is 2.22. The third-order valence-corrected chi connectivity index (χ3v) is 6.81. The molecular formula is C22H26ClN3O4S. The quantitative estimate of drug-likeness (QED) is 0.649. The molecule has 1 aliphatic heterocycles. The number of hydrogen-bond acceptors (Lipinski definition) is 4. The largest absolute Gasteiger partial charge is 0.338 e. The lowest BCUT2D eigenvalue weighted by atomic mass is 9.96. The fraction of sp³-hybridized carbons (Fsp3) is 0.364. The second kappa shape index (κ2) is 10.2. The number of amides is 2. The highest BCUT2D eigenvalue weighted by molar-refractivity contribution is 7.92. The van der Waals surface area contributed by atoms with Crippen LogP contribution >= 0.6 is 11.6 Å². The summed E-state index contributed by atoms with van der Waals surface area (Å²) in [6, 6.07) is 13.3. The molecule has 0 aliphatic carbocycles. The fourth-order valence-electron chi connectivity index (χ4n) is 3.52. The Bertz CT molecular complexity index is 1020. The summed E-state index contributed by atoms with van der Waals surface area (Å²) in [6.45, 7) is 2.76. The molecule has 2 N–H and O–H groups in total. The van der Waals surface area contributed by atoms with Crippen molar-refractivity contribution in [3.63, 3.8) is 0 Å². The molecule has 3 rings (SSSR count). The molecule has 166 valence electrons. The van der Waals surface area contributed by atoms with Crippen LogP contribution in [0, 0.1) is 5.92 Å². The van der Waals surface area contributed by atoms with Crippen molar-refractivity contribution in [3.8, 4) is 0 Å². The first kappa shape index (κ1) is 23.1. The molecule has 1 unspecified atom stereocenters. The molecule has 0 bridgehead atoms. The van der Waals surface area contributed by atoms with Gasteiger partial charge in [0, 0.05) is 35.1 Å². The number of sulfonamides is 1. The molecule has 1 fully saturated rings.